The Hall–Kier alpha value is -1.55. The van der Waals surface area contributed by atoms with E-state index in [4.69, 9.17) is 9.29 Å². The molecule has 0 heterocycles. The first-order chi connectivity index (χ1) is 10.5. The summed E-state index contributed by atoms with van der Waals surface area (Å²) >= 11 is 0. The Morgan fingerprint density at radius 1 is 1.13 bits per heavy atom. The van der Waals surface area contributed by atoms with Crippen molar-refractivity contribution in [1.29, 1.82) is 0 Å². The maximum absolute atomic E-state index is 12.9. The first-order valence-corrected chi connectivity index (χ1v) is 8.22. The molecule has 0 unspecified atom stereocenters. The van der Waals surface area contributed by atoms with Crippen LogP contribution in [0.5, 0.6) is 0 Å². The molecular formula is C13H20F2O7S. The summed E-state index contributed by atoms with van der Waals surface area (Å²) in [4.78, 5) is 22.9. The molecule has 0 aromatic carbocycles. The average Bonchev–Trinajstić information content (AvgIpc) is 2.47. The zero-order valence-corrected chi connectivity index (χ0v) is 13.7. The zero-order chi connectivity index (χ0) is 18.3. The summed E-state index contributed by atoms with van der Waals surface area (Å²) < 4.78 is 63.5. The van der Waals surface area contributed by atoms with Crippen molar-refractivity contribution in [2.45, 2.75) is 38.4 Å². The van der Waals surface area contributed by atoms with Gasteiger partial charge in [-0.1, -0.05) is 19.9 Å². The van der Waals surface area contributed by atoms with Gasteiger partial charge in [-0.3, -0.25) is 9.35 Å². The molecule has 0 radical (unpaired) electrons. The van der Waals surface area contributed by atoms with Crippen LogP contribution in [0.2, 0.25) is 0 Å². The number of rotatable bonds is 10. The lowest BCUT2D eigenvalue weighted by Gasteiger charge is -2.27. The quantitative estimate of drug-likeness (QED) is 0.275. The second-order valence-corrected chi connectivity index (χ2v) is 6.21. The minimum atomic E-state index is -5.92. The number of hydrogen-bond acceptors (Lipinski definition) is 6. The molecule has 0 saturated heterocycles. The van der Waals surface area contributed by atoms with Crippen molar-refractivity contribution >= 4 is 22.1 Å². The fraction of sp³-hybridized carbons (Fsp3) is 0.692. The summed E-state index contributed by atoms with van der Waals surface area (Å²) in [5.41, 5.74) is -0.801. The van der Waals surface area contributed by atoms with Crippen LogP contribution in [0.1, 0.15) is 33.1 Å². The van der Waals surface area contributed by atoms with E-state index in [1.807, 2.05) is 0 Å². The third kappa shape index (κ3) is 5.24. The van der Waals surface area contributed by atoms with Crippen LogP contribution < -0.4 is 0 Å². The maximum Gasteiger partial charge on any atom is 0.465 e. The van der Waals surface area contributed by atoms with Gasteiger partial charge in [-0.15, -0.1) is 6.58 Å². The Balaban J connectivity index is 4.55. The van der Waals surface area contributed by atoms with Crippen molar-refractivity contribution < 1.29 is 40.8 Å². The van der Waals surface area contributed by atoms with Gasteiger partial charge in [-0.25, -0.2) is 4.79 Å². The molecule has 0 saturated carbocycles. The SMILES string of the molecule is C=CCC(CC)(CC)C(=O)OCCOC(=O)C(F)(F)S(=O)(=O)O. The van der Waals surface area contributed by atoms with Gasteiger partial charge in [0.2, 0.25) is 0 Å². The van der Waals surface area contributed by atoms with Gasteiger partial charge in [0.25, 0.3) is 0 Å². The summed E-state index contributed by atoms with van der Waals surface area (Å²) in [6, 6.07) is 0. The second kappa shape index (κ2) is 8.34. The largest absolute Gasteiger partial charge is 0.465 e. The van der Waals surface area contributed by atoms with Crippen molar-refractivity contribution in [3.8, 4) is 0 Å². The highest BCUT2D eigenvalue weighted by molar-refractivity contribution is 7.87. The number of carbonyl (C=O) groups excluding carboxylic acids is 2. The van der Waals surface area contributed by atoms with Gasteiger partial charge in [0.1, 0.15) is 13.2 Å². The van der Waals surface area contributed by atoms with Crippen molar-refractivity contribution in [2.75, 3.05) is 13.2 Å². The Morgan fingerprint density at radius 2 is 1.57 bits per heavy atom. The molecule has 0 aliphatic rings. The fourth-order valence-electron chi connectivity index (χ4n) is 1.80. The number of carbonyl (C=O) groups is 2. The summed E-state index contributed by atoms with van der Waals surface area (Å²) in [5, 5.41) is -5.07. The first kappa shape index (κ1) is 21.4. The Bertz CT molecular complexity index is 539. The van der Waals surface area contributed by atoms with Crippen LogP contribution in [0.15, 0.2) is 12.7 Å². The van der Waals surface area contributed by atoms with Gasteiger partial charge in [0.05, 0.1) is 5.41 Å². The highest BCUT2D eigenvalue weighted by Gasteiger charge is 2.54. The third-order valence-electron chi connectivity index (χ3n) is 3.43. The van der Waals surface area contributed by atoms with E-state index in [9.17, 15) is 26.8 Å². The third-order valence-corrected chi connectivity index (χ3v) is 4.25. The van der Waals surface area contributed by atoms with Crippen LogP contribution in [-0.2, 0) is 29.2 Å². The van der Waals surface area contributed by atoms with E-state index in [1.165, 1.54) is 0 Å². The van der Waals surface area contributed by atoms with E-state index in [0.717, 1.165) is 0 Å². The van der Waals surface area contributed by atoms with Crippen molar-refractivity contribution in [2.24, 2.45) is 5.41 Å². The molecule has 0 aliphatic heterocycles. The van der Waals surface area contributed by atoms with Gasteiger partial charge in [-0.2, -0.15) is 17.2 Å². The predicted octanol–water partition coefficient (Wildman–Crippen LogP) is 1.94. The summed E-state index contributed by atoms with van der Waals surface area (Å²) in [6.07, 6.45) is 2.85. The van der Waals surface area contributed by atoms with E-state index in [1.54, 1.807) is 19.9 Å². The number of allylic oxidation sites excluding steroid dienone is 1. The van der Waals surface area contributed by atoms with Gasteiger partial charge < -0.3 is 9.47 Å². The molecule has 0 aromatic heterocycles. The van der Waals surface area contributed by atoms with Gasteiger partial charge in [0.15, 0.2) is 0 Å². The number of ether oxygens (including phenoxy) is 2. The molecule has 0 atom stereocenters. The monoisotopic (exact) mass is 358 g/mol. The Kier molecular flexibility index (Phi) is 7.78. The normalized spacial score (nSPS) is 12.6. The number of esters is 2. The van der Waals surface area contributed by atoms with E-state index in [2.05, 4.69) is 11.3 Å². The molecule has 0 bridgehead atoms. The highest BCUT2D eigenvalue weighted by Crippen LogP contribution is 2.32. The van der Waals surface area contributed by atoms with Crippen LogP contribution in [0.3, 0.4) is 0 Å². The second-order valence-electron chi connectivity index (χ2n) is 4.74. The standard InChI is InChI=1S/C13H20F2O7S/c1-4-7-12(5-2,6-3)10(16)21-8-9-22-11(17)13(14,15)23(18,19)20/h4H,1,5-9H2,2-3H3,(H,18,19,20). The lowest BCUT2D eigenvalue weighted by molar-refractivity contribution is -0.168. The molecule has 134 valence electrons. The van der Waals surface area contributed by atoms with Crippen LogP contribution in [0, 0.1) is 5.41 Å². The van der Waals surface area contributed by atoms with Crippen LogP contribution in [0.25, 0.3) is 0 Å². The molecule has 0 amide bonds. The average molecular weight is 358 g/mol. The molecule has 0 rings (SSSR count). The topological polar surface area (TPSA) is 107 Å². The maximum atomic E-state index is 12.9. The highest BCUT2D eigenvalue weighted by atomic mass is 32.2. The Labute approximate surface area is 133 Å². The van der Waals surface area contributed by atoms with Gasteiger partial charge >= 0.3 is 27.3 Å². The number of hydrogen-bond donors (Lipinski definition) is 1. The van der Waals surface area contributed by atoms with Gasteiger partial charge in [-0.05, 0) is 19.3 Å². The smallest absolute Gasteiger partial charge is 0.462 e. The van der Waals surface area contributed by atoms with E-state index in [0.29, 0.717) is 19.3 Å². The lowest BCUT2D eigenvalue weighted by Crippen LogP contribution is -2.39. The molecule has 7 nitrogen and oxygen atoms in total. The summed E-state index contributed by atoms with van der Waals surface area (Å²) in [6.45, 7) is 5.82. The number of alkyl halides is 2. The summed E-state index contributed by atoms with van der Waals surface area (Å²) in [5.74, 6) is -3.04. The Morgan fingerprint density at radius 3 is 1.91 bits per heavy atom. The van der Waals surface area contributed by atoms with E-state index in [-0.39, 0.29) is 0 Å². The van der Waals surface area contributed by atoms with Crippen molar-refractivity contribution in [1.82, 2.24) is 0 Å². The molecule has 1 N–H and O–H groups in total. The van der Waals surface area contributed by atoms with Crippen LogP contribution >= 0.6 is 0 Å². The first-order valence-electron chi connectivity index (χ1n) is 6.78. The molecular weight excluding hydrogens is 338 g/mol. The van der Waals surface area contributed by atoms with Gasteiger partial charge in [0, 0.05) is 0 Å². The molecule has 23 heavy (non-hydrogen) atoms. The number of halogens is 2. The lowest BCUT2D eigenvalue weighted by atomic mass is 9.79. The fourth-order valence-corrected chi connectivity index (χ4v) is 2.07. The minimum absolute atomic E-state index is 0.361. The molecule has 0 spiro atoms. The van der Waals surface area contributed by atoms with Crippen LogP contribution in [-0.4, -0.2) is 43.4 Å². The van der Waals surface area contributed by atoms with E-state index >= 15 is 0 Å². The van der Waals surface area contributed by atoms with Crippen molar-refractivity contribution in [3.05, 3.63) is 12.7 Å². The zero-order valence-electron chi connectivity index (χ0n) is 12.9. The minimum Gasteiger partial charge on any atom is -0.462 e. The van der Waals surface area contributed by atoms with E-state index < -0.39 is 45.9 Å². The predicted molar refractivity (Wildman–Crippen MR) is 76.2 cm³/mol. The molecule has 0 aliphatic carbocycles. The summed E-state index contributed by atoms with van der Waals surface area (Å²) in [7, 11) is -5.92. The molecule has 0 fully saturated rings. The van der Waals surface area contributed by atoms with Crippen molar-refractivity contribution in [3.63, 3.8) is 0 Å². The van der Waals surface area contributed by atoms with Crippen LogP contribution in [0.4, 0.5) is 8.78 Å². The molecule has 0 aromatic rings. The molecule has 10 heteroatoms.